The molecule has 0 aromatic carbocycles. The van der Waals surface area contributed by atoms with Crippen LogP contribution in [0.3, 0.4) is 0 Å². The zero-order valence-corrected chi connectivity index (χ0v) is 8.54. The van der Waals surface area contributed by atoms with Crippen LogP contribution in [-0.4, -0.2) is 23.4 Å². The molecule has 0 aliphatic carbocycles. The molecule has 0 aromatic rings. The fourth-order valence-electron chi connectivity index (χ4n) is 0. The number of halogens is 2. The minimum atomic E-state index is -2.50. The molecular formula is C6H16F2O2Ti. The molecule has 0 saturated carbocycles. The van der Waals surface area contributed by atoms with E-state index in [1.54, 1.807) is 0 Å². The topological polar surface area (TPSA) is 40.5 Å². The SMILES string of the molecule is CCCO.CCCO.[F][Ti][F]. The Balaban J connectivity index is -0.0000000886. The van der Waals surface area contributed by atoms with E-state index in [9.17, 15) is 6.18 Å². The van der Waals surface area contributed by atoms with Gasteiger partial charge in [-0.2, -0.15) is 0 Å². The van der Waals surface area contributed by atoms with Crippen molar-refractivity contribution in [3.63, 3.8) is 0 Å². The van der Waals surface area contributed by atoms with Crippen LogP contribution in [0.5, 0.6) is 0 Å². The third-order valence-corrected chi connectivity index (χ3v) is 0.447. The second-order valence-corrected chi connectivity index (χ2v) is 1.74. The molecule has 0 aliphatic rings. The number of hydrogen-bond donors (Lipinski definition) is 2. The summed E-state index contributed by atoms with van der Waals surface area (Å²) in [5, 5.41) is 15.8. The van der Waals surface area contributed by atoms with Gasteiger partial charge in [0, 0.05) is 13.2 Å². The molecule has 0 spiro atoms. The van der Waals surface area contributed by atoms with Crippen molar-refractivity contribution in [1.82, 2.24) is 0 Å². The van der Waals surface area contributed by atoms with Crippen molar-refractivity contribution >= 4 is 0 Å². The van der Waals surface area contributed by atoms with Gasteiger partial charge in [-0.1, -0.05) is 13.8 Å². The molecule has 0 unspecified atom stereocenters. The van der Waals surface area contributed by atoms with E-state index in [2.05, 4.69) is 0 Å². The molecular weight excluding hydrogens is 190 g/mol. The Labute approximate surface area is 76.9 Å². The summed E-state index contributed by atoms with van der Waals surface area (Å²) in [6.07, 6.45) is 1.75. The van der Waals surface area contributed by atoms with E-state index in [1.807, 2.05) is 13.8 Å². The minimum absolute atomic E-state index is 0.319. The van der Waals surface area contributed by atoms with E-state index >= 15 is 0 Å². The van der Waals surface area contributed by atoms with E-state index in [1.165, 1.54) is 0 Å². The first-order valence-electron chi connectivity index (χ1n) is 3.42. The van der Waals surface area contributed by atoms with Crippen LogP contribution in [0.15, 0.2) is 0 Å². The van der Waals surface area contributed by atoms with Crippen molar-refractivity contribution in [2.75, 3.05) is 13.2 Å². The third kappa shape index (κ3) is 122. The van der Waals surface area contributed by atoms with E-state index in [4.69, 9.17) is 10.2 Å². The summed E-state index contributed by atoms with van der Waals surface area (Å²) in [5.41, 5.74) is 0. The molecule has 0 rings (SSSR count). The summed E-state index contributed by atoms with van der Waals surface area (Å²) in [6.45, 7) is 4.50. The summed E-state index contributed by atoms with van der Waals surface area (Å²) in [6, 6.07) is 0. The fraction of sp³-hybridized carbons (Fsp3) is 1.00. The molecule has 0 radical (unpaired) electrons. The molecule has 0 bridgehead atoms. The molecule has 0 fully saturated rings. The van der Waals surface area contributed by atoms with E-state index < -0.39 is 20.2 Å². The Morgan fingerprint density at radius 1 is 1.00 bits per heavy atom. The summed E-state index contributed by atoms with van der Waals surface area (Å²) >= 11 is -2.50. The van der Waals surface area contributed by atoms with Crippen molar-refractivity contribution in [1.29, 1.82) is 0 Å². The van der Waals surface area contributed by atoms with Crippen LogP contribution >= 0.6 is 0 Å². The van der Waals surface area contributed by atoms with Gasteiger partial charge in [0.15, 0.2) is 0 Å². The second-order valence-electron chi connectivity index (χ2n) is 1.52. The van der Waals surface area contributed by atoms with Crippen LogP contribution in [-0.2, 0) is 20.2 Å². The second kappa shape index (κ2) is 31.3. The van der Waals surface area contributed by atoms with Crippen LogP contribution in [0.2, 0.25) is 0 Å². The van der Waals surface area contributed by atoms with Crippen molar-refractivity contribution in [3.05, 3.63) is 0 Å². The molecule has 0 amide bonds. The average molecular weight is 206 g/mol. The van der Waals surface area contributed by atoms with E-state index in [0.29, 0.717) is 13.2 Å². The van der Waals surface area contributed by atoms with Crippen molar-refractivity contribution in [3.8, 4) is 0 Å². The summed E-state index contributed by atoms with van der Waals surface area (Å²) in [7, 11) is 0. The Bertz CT molecular complexity index is 33.8. The van der Waals surface area contributed by atoms with Gasteiger partial charge in [0.05, 0.1) is 0 Å². The maximum absolute atomic E-state index is 9.75. The standard InChI is InChI=1S/2C3H8O.2FH.Ti/c2*1-2-3-4;;;/h2*4H,2-3H2,1H3;2*1H;/q;;;;+2/p-2. The van der Waals surface area contributed by atoms with Gasteiger partial charge in [0.2, 0.25) is 0 Å². The number of rotatable bonds is 2. The molecule has 70 valence electrons. The van der Waals surface area contributed by atoms with E-state index in [-0.39, 0.29) is 0 Å². The van der Waals surface area contributed by atoms with Crippen molar-refractivity contribution in [2.45, 2.75) is 26.7 Å². The van der Waals surface area contributed by atoms with Crippen LogP contribution < -0.4 is 0 Å². The molecule has 0 aromatic heterocycles. The number of aliphatic hydroxyl groups is 2. The van der Waals surface area contributed by atoms with Gasteiger partial charge in [-0.3, -0.25) is 0 Å². The number of aliphatic hydroxyl groups excluding tert-OH is 2. The zero-order valence-electron chi connectivity index (χ0n) is 6.98. The summed E-state index contributed by atoms with van der Waals surface area (Å²) < 4.78 is 19.5. The molecule has 11 heavy (non-hydrogen) atoms. The fourth-order valence-corrected chi connectivity index (χ4v) is 0. The van der Waals surface area contributed by atoms with Gasteiger partial charge in [-0.25, -0.2) is 0 Å². The van der Waals surface area contributed by atoms with E-state index in [0.717, 1.165) is 12.8 Å². The van der Waals surface area contributed by atoms with Gasteiger partial charge in [-0.15, -0.1) is 0 Å². The van der Waals surface area contributed by atoms with Crippen molar-refractivity contribution < 1.29 is 36.6 Å². The summed E-state index contributed by atoms with van der Waals surface area (Å²) in [5.74, 6) is 0. The first-order chi connectivity index (χ1) is 5.24. The molecule has 2 nitrogen and oxygen atoms in total. The quantitative estimate of drug-likeness (QED) is 0.674. The van der Waals surface area contributed by atoms with Gasteiger partial charge in [0.25, 0.3) is 0 Å². The van der Waals surface area contributed by atoms with Gasteiger partial charge in [-0.05, 0) is 12.8 Å². The van der Waals surface area contributed by atoms with Crippen LogP contribution in [0.25, 0.3) is 0 Å². The molecule has 0 saturated heterocycles. The zero-order chi connectivity index (χ0) is 9.54. The molecule has 2 N–H and O–H groups in total. The Kier molecular flexibility index (Phi) is 50.0. The van der Waals surface area contributed by atoms with Crippen LogP contribution in [0, 0.1) is 0 Å². The third-order valence-electron chi connectivity index (χ3n) is 0.447. The van der Waals surface area contributed by atoms with Crippen molar-refractivity contribution in [2.24, 2.45) is 0 Å². The predicted molar refractivity (Wildman–Crippen MR) is 37.0 cm³/mol. The monoisotopic (exact) mass is 206 g/mol. The van der Waals surface area contributed by atoms with Gasteiger partial charge < -0.3 is 10.2 Å². The van der Waals surface area contributed by atoms with Gasteiger partial charge in [0.1, 0.15) is 0 Å². The molecule has 5 heteroatoms. The average Bonchev–Trinajstić information content (AvgIpc) is 2.06. The Morgan fingerprint density at radius 3 is 1.09 bits per heavy atom. The Hall–Kier alpha value is 0.494. The molecule has 0 atom stereocenters. The maximum atomic E-state index is 9.75. The van der Waals surface area contributed by atoms with Crippen LogP contribution in [0.4, 0.5) is 6.18 Å². The summed E-state index contributed by atoms with van der Waals surface area (Å²) in [4.78, 5) is 0. The molecule has 0 heterocycles. The Morgan fingerprint density at radius 2 is 1.09 bits per heavy atom. The van der Waals surface area contributed by atoms with Crippen LogP contribution in [0.1, 0.15) is 26.7 Å². The first-order valence-corrected chi connectivity index (χ1v) is 4.61. The van der Waals surface area contributed by atoms with Gasteiger partial charge >= 0.3 is 26.4 Å². The first kappa shape index (κ1) is 17.5. The predicted octanol–water partition coefficient (Wildman–Crippen LogP) is 1.62. The molecule has 0 aliphatic heterocycles. The normalized spacial score (nSPS) is 6.73. The number of hydrogen-bond acceptors (Lipinski definition) is 2.